The second kappa shape index (κ2) is 8.68. The highest BCUT2D eigenvalue weighted by molar-refractivity contribution is 8.34. The summed E-state index contributed by atoms with van der Waals surface area (Å²) in [7, 11) is 1.26. The second-order valence-corrected chi connectivity index (χ2v) is 11.4. The summed E-state index contributed by atoms with van der Waals surface area (Å²) in [6.07, 6.45) is 23.0. The normalized spacial score (nSPS) is 29.4. The number of fused-ring (bicyclic) bond motifs is 1. The van der Waals surface area contributed by atoms with Crippen LogP contribution in [0.3, 0.4) is 0 Å². The number of hydrazine groups is 1. The number of allylic oxidation sites excluding steroid dienone is 3. The molecule has 1 aromatic heterocycles. The molecule has 3 aliphatic rings. The predicted octanol–water partition coefficient (Wildman–Crippen LogP) is 3.66. The Kier molecular flexibility index (Phi) is 6.04. The van der Waals surface area contributed by atoms with Crippen LogP contribution >= 0.6 is 10.2 Å². The molecule has 2 N–H and O–H groups in total. The van der Waals surface area contributed by atoms with E-state index < -0.39 is 10.2 Å². The maximum Gasteiger partial charge on any atom is 0.169 e. The molecule has 1 aliphatic carbocycles. The van der Waals surface area contributed by atoms with Gasteiger partial charge >= 0.3 is 0 Å². The molecule has 0 amide bonds. The van der Waals surface area contributed by atoms with Gasteiger partial charge in [0, 0.05) is 43.6 Å². The number of aromatic nitrogens is 1. The van der Waals surface area contributed by atoms with Crippen molar-refractivity contribution in [3.8, 4) is 0 Å². The summed E-state index contributed by atoms with van der Waals surface area (Å²) in [6.45, 7) is 2.23. The van der Waals surface area contributed by atoms with Crippen LogP contribution in [0.4, 0.5) is 0 Å². The lowest BCUT2D eigenvalue weighted by atomic mass is 9.88. The number of nitrogens with zero attached hydrogens (tertiary/aromatic N) is 2. The average molecular weight is 398 g/mol. The molecule has 0 aromatic carbocycles. The molecule has 0 spiro atoms. The van der Waals surface area contributed by atoms with Gasteiger partial charge in [-0.1, -0.05) is 29.9 Å². The minimum Gasteiger partial charge on any atom is -0.310 e. The molecule has 1 aromatic rings. The molecule has 2 unspecified atom stereocenters. The summed E-state index contributed by atoms with van der Waals surface area (Å²) >= 11 is 0. The first-order valence-corrected chi connectivity index (χ1v) is 12.6. The van der Waals surface area contributed by atoms with E-state index in [4.69, 9.17) is 0 Å². The van der Waals surface area contributed by atoms with Crippen molar-refractivity contribution in [2.75, 3.05) is 25.6 Å². The van der Waals surface area contributed by atoms with Crippen LogP contribution in [0.15, 0.2) is 65.5 Å². The van der Waals surface area contributed by atoms with E-state index in [9.17, 15) is 0 Å². The second-order valence-electron chi connectivity index (χ2n) is 8.17. The van der Waals surface area contributed by atoms with E-state index in [0.29, 0.717) is 6.04 Å². The van der Waals surface area contributed by atoms with Gasteiger partial charge in [-0.25, -0.2) is 4.57 Å². The Labute approximate surface area is 171 Å². The molecule has 150 valence electrons. The zero-order valence-electron chi connectivity index (χ0n) is 17.1. The number of rotatable bonds is 6. The molecule has 2 atom stereocenters. The molecular weight excluding hydrogens is 364 g/mol. The summed E-state index contributed by atoms with van der Waals surface area (Å²) in [6, 6.07) is 5.02. The highest BCUT2D eigenvalue weighted by atomic mass is 32.3. The van der Waals surface area contributed by atoms with Crippen molar-refractivity contribution < 1.29 is 4.57 Å². The van der Waals surface area contributed by atoms with Crippen molar-refractivity contribution in [2.24, 2.45) is 0 Å². The van der Waals surface area contributed by atoms with Gasteiger partial charge in [-0.3, -0.25) is 0 Å². The number of hydrogen-bond donors (Lipinski definition) is 2. The molecule has 1 fully saturated rings. The summed E-state index contributed by atoms with van der Waals surface area (Å²) in [5, 5.41) is 8.03. The predicted molar refractivity (Wildman–Crippen MR) is 121 cm³/mol. The number of piperidine rings is 1. The summed E-state index contributed by atoms with van der Waals surface area (Å²) in [5.41, 5.74) is 4.19. The van der Waals surface area contributed by atoms with E-state index >= 15 is 0 Å². The van der Waals surface area contributed by atoms with Crippen LogP contribution in [0.2, 0.25) is 0 Å². The minimum atomic E-state index is -0.806. The van der Waals surface area contributed by atoms with Gasteiger partial charge in [0.25, 0.3) is 0 Å². The van der Waals surface area contributed by atoms with E-state index in [1.165, 1.54) is 36.2 Å². The zero-order chi connectivity index (χ0) is 19.4. The Hall–Kier alpha value is -1.82. The third-order valence-electron chi connectivity index (χ3n) is 5.73. The Bertz CT molecular complexity index is 808. The maximum atomic E-state index is 3.61. The lowest BCUT2D eigenvalue weighted by molar-refractivity contribution is -0.696. The van der Waals surface area contributed by atoms with Crippen LogP contribution in [0, 0.1) is 0 Å². The first kappa shape index (κ1) is 19.5. The summed E-state index contributed by atoms with van der Waals surface area (Å²) in [5.74, 6) is 1.21. The molecule has 28 heavy (non-hydrogen) atoms. The van der Waals surface area contributed by atoms with Crippen LogP contribution in [-0.4, -0.2) is 36.7 Å². The summed E-state index contributed by atoms with van der Waals surface area (Å²) in [4.78, 5) is 3.56. The smallest absolute Gasteiger partial charge is 0.169 e. The topological polar surface area (TPSA) is 31.2 Å². The quantitative estimate of drug-likeness (QED) is 0.719. The maximum absolute atomic E-state index is 3.61. The number of hydrogen-bond acceptors (Lipinski definition) is 3. The van der Waals surface area contributed by atoms with Crippen molar-refractivity contribution in [2.45, 2.75) is 38.3 Å². The third kappa shape index (κ3) is 4.96. The average Bonchev–Trinajstić information content (AvgIpc) is 3.06. The van der Waals surface area contributed by atoms with Crippen LogP contribution in [-0.2, 0) is 6.54 Å². The largest absolute Gasteiger partial charge is 0.310 e. The molecule has 4 nitrogen and oxygen atoms in total. The molecule has 3 heterocycles. The highest BCUT2D eigenvalue weighted by Crippen LogP contribution is 2.45. The molecule has 0 radical (unpaired) electrons. The SMILES string of the molecule is CN1C=CS(C)(CCC[n+]2ccc(/C=C/C3=CCC4NCCCC4=C3)cc2)N1. The lowest BCUT2D eigenvalue weighted by Crippen LogP contribution is -2.36. The Morgan fingerprint density at radius 2 is 2.14 bits per heavy atom. The fourth-order valence-corrected chi connectivity index (χ4v) is 6.31. The number of nitrogens with one attached hydrogen (secondary N) is 2. The van der Waals surface area contributed by atoms with Gasteiger partial charge in [0.05, 0.1) is 0 Å². The van der Waals surface area contributed by atoms with Crippen LogP contribution in [0.1, 0.15) is 31.2 Å². The first-order chi connectivity index (χ1) is 13.6. The van der Waals surface area contributed by atoms with Crippen molar-refractivity contribution >= 4 is 16.3 Å². The van der Waals surface area contributed by atoms with E-state index in [2.05, 4.69) is 93.5 Å². The number of aryl methyl sites for hydroxylation is 1. The highest BCUT2D eigenvalue weighted by Gasteiger charge is 2.21. The van der Waals surface area contributed by atoms with E-state index in [1.54, 1.807) is 5.57 Å². The van der Waals surface area contributed by atoms with Gasteiger partial charge in [0.15, 0.2) is 12.4 Å². The van der Waals surface area contributed by atoms with Crippen LogP contribution in [0.25, 0.3) is 6.08 Å². The van der Waals surface area contributed by atoms with Crippen molar-refractivity contribution in [3.05, 3.63) is 71.1 Å². The van der Waals surface area contributed by atoms with Crippen molar-refractivity contribution in [1.82, 2.24) is 15.2 Å². The Morgan fingerprint density at radius 1 is 1.29 bits per heavy atom. The van der Waals surface area contributed by atoms with Gasteiger partial charge in [-0.15, -0.1) is 0 Å². The van der Waals surface area contributed by atoms with Gasteiger partial charge in [0.1, 0.15) is 6.54 Å². The van der Waals surface area contributed by atoms with E-state index in [1.807, 2.05) is 0 Å². The number of pyridine rings is 1. The third-order valence-corrected chi connectivity index (χ3v) is 8.29. The molecule has 2 aliphatic heterocycles. The van der Waals surface area contributed by atoms with Gasteiger partial charge < -0.3 is 10.3 Å². The van der Waals surface area contributed by atoms with Crippen molar-refractivity contribution in [1.29, 1.82) is 0 Å². The van der Waals surface area contributed by atoms with Gasteiger partial charge in [-0.2, -0.15) is 15.0 Å². The fourth-order valence-electron chi connectivity index (χ4n) is 4.12. The Balaban J connectivity index is 1.28. The minimum absolute atomic E-state index is 0.584. The molecular formula is C23H33N4S+. The standard InChI is InChI=1S/C23H33N4S/c1-26-16-18-28(2,25-26)17-4-13-27-14-10-20(11-15-27)6-7-21-8-9-23-22(19-21)5-3-12-24-23/h6-8,10-11,14-16,18-19,23-25H,3-5,9,12-13,17H2,1-2H3/q+1/b7-6+. The van der Waals surface area contributed by atoms with E-state index in [-0.39, 0.29) is 0 Å². The molecule has 0 bridgehead atoms. The van der Waals surface area contributed by atoms with Crippen LogP contribution < -0.4 is 14.7 Å². The molecule has 0 saturated carbocycles. The first-order valence-electron chi connectivity index (χ1n) is 10.4. The van der Waals surface area contributed by atoms with Crippen molar-refractivity contribution in [3.63, 3.8) is 0 Å². The zero-order valence-corrected chi connectivity index (χ0v) is 17.9. The molecule has 1 saturated heterocycles. The summed E-state index contributed by atoms with van der Waals surface area (Å²) < 4.78 is 2.29. The monoisotopic (exact) mass is 397 g/mol. The van der Waals surface area contributed by atoms with Crippen LogP contribution in [0.5, 0.6) is 0 Å². The fraction of sp³-hybridized carbons (Fsp3) is 0.435. The van der Waals surface area contributed by atoms with E-state index in [0.717, 1.165) is 19.5 Å². The molecule has 5 heteroatoms. The molecule has 4 rings (SSSR count). The lowest BCUT2D eigenvalue weighted by Gasteiger charge is -2.30. The Morgan fingerprint density at radius 3 is 2.93 bits per heavy atom. The van der Waals surface area contributed by atoms with Gasteiger partial charge in [0.2, 0.25) is 0 Å². The van der Waals surface area contributed by atoms with Gasteiger partial charge in [-0.05, 0) is 48.6 Å².